The number of urea groups is 1. The van der Waals surface area contributed by atoms with Crippen molar-refractivity contribution in [3.8, 4) is 6.07 Å². The average Bonchev–Trinajstić information content (AvgIpc) is 3.02. The molecule has 6 nitrogen and oxygen atoms in total. The maximum Gasteiger partial charge on any atom is 0.321 e. The summed E-state index contributed by atoms with van der Waals surface area (Å²) in [6.45, 7) is 4.53. The number of nitrogens with one attached hydrogen (secondary N) is 3. The Morgan fingerprint density at radius 1 is 1.42 bits per heavy atom. The Kier molecular flexibility index (Phi) is 4.97. The van der Waals surface area contributed by atoms with Crippen LogP contribution in [0.5, 0.6) is 0 Å². The first-order valence-electron chi connectivity index (χ1n) is 8.32. The number of amides is 2. The molecule has 1 aromatic carbocycles. The predicted molar refractivity (Wildman–Crippen MR) is 88.5 cm³/mol. The maximum absolute atomic E-state index is 13.9. The van der Waals surface area contributed by atoms with E-state index < -0.39 is 5.82 Å². The molecule has 7 heteroatoms. The van der Waals surface area contributed by atoms with Crippen LogP contribution in [0.25, 0.3) is 0 Å². The Morgan fingerprint density at radius 2 is 2.17 bits per heavy atom. The van der Waals surface area contributed by atoms with Crippen molar-refractivity contribution >= 4 is 11.7 Å². The molecule has 2 fully saturated rings. The second-order valence-corrected chi connectivity index (χ2v) is 6.59. The number of benzene rings is 1. The lowest BCUT2D eigenvalue weighted by Crippen LogP contribution is -2.47. The number of anilines is 1. The van der Waals surface area contributed by atoms with Gasteiger partial charge in [0.25, 0.3) is 0 Å². The molecule has 2 heterocycles. The van der Waals surface area contributed by atoms with E-state index in [1.54, 1.807) is 4.90 Å². The quantitative estimate of drug-likeness (QED) is 0.775. The number of carbonyl (C=O) groups excluding carboxylic acids is 1. The van der Waals surface area contributed by atoms with Crippen LogP contribution >= 0.6 is 0 Å². The van der Waals surface area contributed by atoms with E-state index >= 15 is 0 Å². The Balaban J connectivity index is 1.55. The van der Waals surface area contributed by atoms with Crippen LogP contribution in [0.2, 0.25) is 0 Å². The van der Waals surface area contributed by atoms with E-state index in [9.17, 15) is 9.18 Å². The van der Waals surface area contributed by atoms with Gasteiger partial charge in [-0.15, -0.1) is 0 Å². The fraction of sp³-hybridized carbons (Fsp3) is 0.529. The highest BCUT2D eigenvalue weighted by molar-refractivity contribution is 5.89. The molecule has 2 unspecified atom stereocenters. The number of likely N-dealkylation sites (tertiary alicyclic amines) is 1. The summed E-state index contributed by atoms with van der Waals surface area (Å²) in [4.78, 5) is 14.0. The number of nitrogens with zero attached hydrogens (tertiary/aromatic N) is 2. The highest BCUT2D eigenvalue weighted by Gasteiger charge is 2.34. The third-order valence-corrected chi connectivity index (χ3v) is 4.98. The molecule has 3 N–H and O–H groups in total. The lowest BCUT2D eigenvalue weighted by Gasteiger charge is -2.35. The monoisotopic (exact) mass is 331 g/mol. The van der Waals surface area contributed by atoms with Crippen LogP contribution < -0.4 is 16.2 Å². The minimum absolute atomic E-state index is 0.108. The number of carbonyl (C=O) groups is 1. The van der Waals surface area contributed by atoms with Gasteiger partial charge >= 0.3 is 6.03 Å². The van der Waals surface area contributed by atoms with E-state index in [0.29, 0.717) is 31.0 Å². The summed E-state index contributed by atoms with van der Waals surface area (Å²) in [6, 6.07) is 6.08. The summed E-state index contributed by atoms with van der Waals surface area (Å²) in [5.74, 6) is 0.543. The topological polar surface area (TPSA) is 80.2 Å². The number of hydrogen-bond acceptors (Lipinski definition) is 4. The molecule has 0 saturated carbocycles. The second kappa shape index (κ2) is 7.16. The molecule has 0 radical (unpaired) electrons. The smallest absolute Gasteiger partial charge is 0.321 e. The lowest BCUT2D eigenvalue weighted by molar-refractivity contribution is 0.162. The largest absolute Gasteiger partial charge is 0.325 e. The number of hydrogen-bond donors (Lipinski definition) is 3. The Morgan fingerprint density at radius 3 is 2.75 bits per heavy atom. The predicted octanol–water partition coefficient (Wildman–Crippen LogP) is 2.05. The first kappa shape index (κ1) is 16.7. The van der Waals surface area contributed by atoms with Gasteiger partial charge in [0.2, 0.25) is 0 Å². The third kappa shape index (κ3) is 3.50. The molecule has 3 rings (SSSR count). The molecule has 2 saturated heterocycles. The standard InChI is InChI=1S/C17H22FN5O/c1-11-10-20-22-16(11)13-4-6-23(7-5-13)17(24)21-15-3-2-12(9-19)8-14(15)18/h2-3,8,11,13,16,20,22H,4-7,10H2,1H3,(H,21,24). The lowest BCUT2D eigenvalue weighted by atomic mass is 9.84. The maximum atomic E-state index is 13.9. The van der Waals surface area contributed by atoms with Gasteiger partial charge in [0.1, 0.15) is 5.82 Å². The van der Waals surface area contributed by atoms with Gasteiger partial charge < -0.3 is 10.2 Å². The molecular weight excluding hydrogens is 309 g/mol. The van der Waals surface area contributed by atoms with Crippen molar-refractivity contribution in [2.75, 3.05) is 25.0 Å². The minimum atomic E-state index is -0.590. The van der Waals surface area contributed by atoms with E-state index in [1.807, 2.05) is 6.07 Å². The number of nitriles is 1. The number of piperidine rings is 1. The normalized spacial score (nSPS) is 24.6. The molecule has 24 heavy (non-hydrogen) atoms. The Labute approximate surface area is 141 Å². The van der Waals surface area contributed by atoms with Crippen molar-refractivity contribution in [3.63, 3.8) is 0 Å². The molecule has 128 valence electrons. The van der Waals surface area contributed by atoms with E-state index in [1.165, 1.54) is 12.1 Å². The summed E-state index contributed by atoms with van der Waals surface area (Å²) in [7, 11) is 0. The molecule has 2 atom stereocenters. The van der Waals surface area contributed by atoms with Crippen molar-refractivity contribution in [1.82, 2.24) is 15.8 Å². The van der Waals surface area contributed by atoms with Gasteiger partial charge in [0.15, 0.2) is 0 Å². The molecule has 2 aliphatic rings. The van der Waals surface area contributed by atoms with Crippen LogP contribution in [0.1, 0.15) is 25.3 Å². The first-order valence-corrected chi connectivity index (χ1v) is 8.32. The summed E-state index contributed by atoms with van der Waals surface area (Å²) < 4.78 is 13.9. The average molecular weight is 331 g/mol. The fourth-order valence-corrected chi connectivity index (χ4v) is 3.53. The molecule has 1 aromatic rings. The van der Waals surface area contributed by atoms with Crippen molar-refractivity contribution in [3.05, 3.63) is 29.6 Å². The van der Waals surface area contributed by atoms with Crippen molar-refractivity contribution in [2.24, 2.45) is 11.8 Å². The van der Waals surface area contributed by atoms with Crippen molar-refractivity contribution in [2.45, 2.75) is 25.8 Å². The van der Waals surface area contributed by atoms with Crippen molar-refractivity contribution in [1.29, 1.82) is 5.26 Å². The Hall–Kier alpha value is -2.17. The summed E-state index contributed by atoms with van der Waals surface area (Å²) in [5, 5.41) is 11.3. The first-order chi connectivity index (χ1) is 11.6. The van der Waals surface area contributed by atoms with Gasteiger partial charge in [-0.05, 0) is 42.9 Å². The highest BCUT2D eigenvalue weighted by Crippen LogP contribution is 2.27. The SMILES string of the molecule is CC1CNNC1C1CCN(C(=O)Nc2ccc(C#N)cc2F)CC1. The Bertz CT molecular complexity index is 651. The number of rotatable bonds is 2. The van der Waals surface area contributed by atoms with Crippen LogP contribution in [0.3, 0.4) is 0 Å². The number of hydrazine groups is 1. The minimum Gasteiger partial charge on any atom is -0.325 e. The van der Waals surface area contributed by atoms with Crippen molar-refractivity contribution < 1.29 is 9.18 Å². The van der Waals surface area contributed by atoms with Crippen LogP contribution in [0.15, 0.2) is 18.2 Å². The van der Waals surface area contributed by atoms with Crippen LogP contribution in [-0.4, -0.2) is 36.6 Å². The highest BCUT2D eigenvalue weighted by atomic mass is 19.1. The summed E-state index contributed by atoms with van der Waals surface area (Å²) in [5.41, 5.74) is 6.87. The zero-order valence-electron chi connectivity index (χ0n) is 13.7. The zero-order valence-corrected chi connectivity index (χ0v) is 13.7. The van der Waals surface area contributed by atoms with Crippen LogP contribution in [-0.2, 0) is 0 Å². The fourth-order valence-electron chi connectivity index (χ4n) is 3.53. The molecular formula is C17H22FN5O. The molecule has 2 amide bonds. The van der Waals surface area contributed by atoms with E-state index in [-0.39, 0.29) is 17.3 Å². The third-order valence-electron chi connectivity index (χ3n) is 4.98. The summed E-state index contributed by atoms with van der Waals surface area (Å²) >= 11 is 0. The van der Waals surface area contributed by atoms with Gasteiger partial charge in [-0.2, -0.15) is 5.26 Å². The zero-order chi connectivity index (χ0) is 17.1. The van der Waals surface area contributed by atoms with E-state index in [4.69, 9.17) is 5.26 Å². The van der Waals surface area contributed by atoms with E-state index in [0.717, 1.165) is 25.5 Å². The van der Waals surface area contributed by atoms with Gasteiger partial charge in [0.05, 0.1) is 17.3 Å². The molecule has 0 aromatic heterocycles. The second-order valence-electron chi connectivity index (χ2n) is 6.59. The molecule has 0 aliphatic carbocycles. The molecule has 0 spiro atoms. The van der Waals surface area contributed by atoms with Crippen LogP contribution in [0, 0.1) is 29.0 Å². The molecule has 2 aliphatic heterocycles. The van der Waals surface area contributed by atoms with Gasteiger partial charge in [0, 0.05) is 25.7 Å². The van der Waals surface area contributed by atoms with E-state index in [2.05, 4.69) is 23.1 Å². The number of halogens is 1. The van der Waals surface area contributed by atoms with Gasteiger partial charge in [-0.25, -0.2) is 9.18 Å². The summed E-state index contributed by atoms with van der Waals surface area (Å²) in [6.07, 6.45) is 1.87. The van der Waals surface area contributed by atoms with Gasteiger partial charge in [-0.1, -0.05) is 6.92 Å². The van der Waals surface area contributed by atoms with Crippen LogP contribution in [0.4, 0.5) is 14.9 Å². The molecule has 0 bridgehead atoms. The van der Waals surface area contributed by atoms with Gasteiger partial charge in [-0.3, -0.25) is 10.9 Å².